The molecule has 3 nitrogen and oxygen atoms in total. The van der Waals surface area contributed by atoms with E-state index in [0.717, 1.165) is 16.5 Å². The highest BCUT2D eigenvalue weighted by Crippen LogP contribution is 2.19. The van der Waals surface area contributed by atoms with Gasteiger partial charge in [0.25, 0.3) is 0 Å². The van der Waals surface area contributed by atoms with Crippen molar-refractivity contribution in [3.63, 3.8) is 0 Å². The molecule has 0 saturated carbocycles. The van der Waals surface area contributed by atoms with Crippen LogP contribution in [0.2, 0.25) is 0 Å². The maximum atomic E-state index is 11.2. The van der Waals surface area contributed by atoms with Crippen molar-refractivity contribution in [3.8, 4) is 0 Å². The van der Waals surface area contributed by atoms with Gasteiger partial charge in [-0.15, -0.1) is 0 Å². The number of aldehydes is 1. The second-order valence-electron chi connectivity index (χ2n) is 3.23. The fraction of sp³-hybridized carbons (Fsp3) is 0.0909. The van der Waals surface area contributed by atoms with E-state index in [1.807, 2.05) is 25.1 Å². The van der Waals surface area contributed by atoms with Crippen LogP contribution in [0.4, 0.5) is 0 Å². The Balaban J connectivity index is 2.72. The molecular formula is C11H9NO2. The summed E-state index contributed by atoms with van der Waals surface area (Å²) in [5.41, 5.74) is 2.39. The number of carbonyl (C=O) groups excluding carboxylic acids is 2. The Morgan fingerprint density at radius 3 is 2.93 bits per heavy atom. The molecule has 1 N–H and O–H groups in total. The molecule has 0 fully saturated rings. The van der Waals surface area contributed by atoms with E-state index in [4.69, 9.17) is 0 Å². The minimum absolute atomic E-state index is 0.338. The number of ketones is 1. The van der Waals surface area contributed by atoms with E-state index in [1.165, 1.54) is 0 Å². The van der Waals surface area contributed by atoms with Gasteiger partial charge in [0.2, 0.25) is 5.78 Å². The van der Waals surface area contributed by atoms with Gasteiger partial charge in [-0.3, -0.25) is 9.59 Å². The molecule has 0 spiro atoms. The van der Waals surface area contributed by atoms with Gasteiger partial charge in [0.1, 0.15) is 0 Å². The Hall–Kier alpha value is -1.90. The normalized spacial score (nSPS) is 10.4. The molecule has 2 aromatic rings. The number of fused-ring (bicyclic) bond motifs is 1. The van der Waals surface area contributed by atoms with E-state index in [1.54, 1.807) is 6.20 Å². The van der Waals surface area contributed by atoms with Crippen LogP contribution in [0, 0.1) is 6.92 Å². The van der Waals surface area contributed by atoms with Gasteiger partial charge in [-0.1, -0.05) is 11.6 Å². The molecule has 70 valence electrons. The molecular weight excluding hydrogens is 178 g/mol. The van der Waals surface area contributed by atoms with Gasteiger partial charge in [0.05, 0.1) is 5.56 Å². The van der Waals surface area contributed by atoms with Gasteiger partial charge >= 0.3 is 0 Å². The van der Waals surface area contributed by atoms with Crippen LogP contribution in [0.25, 0.3) is 10.9 Å². The molecule has 0 aliphatic heterocycles. The second kappa shape index (κ2) is 3.10. The van der Waals surface area contributed by atoms with Crippen LogP contribution >= 0.6 is 0 Å². The maximum Gasteiger partial charge on any atom is 0.227 e. The van der Waals surface area contributed by atoms with Crippen LogP contribution in [0.15, 0.2) is 24.4 Å². The minimum atomic E-state index is -0.484. The highest BCUT2D eigenvalue weighted by molar-refractivity contribution is 6.36. The Morgan fingerprint density at radius 2 is 2.21 bits per heavy atom. The van der Waals surface area contributed by atoms with Crippen LogP contribution in [0.5, 0.6) is 0 Å². The Labute approximate surface area is 80.7 Å². The number of aromatic amines is 1. The number of Topliss-reactive ketones (excluding diaryl/α,β-unsaturated/α-hetero) is 1. The monoisotopic (exact) mass is 187 g/mol. The topological polar surface area (TPSA) is 49.9 Å². The van der Waals surface area contributed by atoms with Gasteiger partial charge in [0.15, 0.2) is 6.29 Å². The van der Waals surface area contributed by atoms with E-state index in [-0.39, 0.29) is 0 Å². The summed E-state index contributed by atoms with van der Waals surface area (Å²) < 4.78 is 0. The largest absolute Gasteiger partial charge is 0.360 e. The first-order valence-corrected chi connectivity index (χ1v) is 4.29. The zero-order chi connectivity index (χ0) is 10.1. The van der Waals surface area contributed by atoms with Gasteiger partial charge in [-0.25, -0.2) is 0 Å². The van der Waals surface area contributed by atoms with Gasteiger partial charge in [-0.05, 0) is 19.1 Å². The lowest BCUT2D eigenvalue weighted by Gasteiger charge is -1.94. The standard InChI is InChI=1S/C11H9NO2/c1-7-2-3-10-8(4-7)9(5-12-10)11(14)6-13/h2-6,12H,1H3. The van der Waals surface area contributed by atoms with E-state index in [2.05, 4.69) is 4.98 Å². The fourth-order valence-electron chi connectivity index (χ4n) is 1.50. The highest BCUT2D eigenvalue weighted by atomic mass is 16.2. The first-order chi connectivity index (χ1) is 6.72. The smallest absolute Gasteiger partial charge is 0.227 e. The third kappa shape index (κ3) is 1.23. The minimum Gasteiger partial charge on any atom is -0.360 e. The quantitative estimate of drug-likeness (QED) is 0.443. The average molecular weight is 187 g/mol. The van der Waals surface area contributed by atoms with Crippen molar-refractivity contribution in [3.05, 3.63) is 35.5 Å². The summed E-state index contributed by atoms with van der Waals surface area (Å²) in [5, 5.41) is 0.808. The van der Waals surface area contributed by atoms with Gasteiger partial charge in [0, 0.05) is 17.1 Å². The predicted molar refractivity (Wildman–Crippen MR) is 53.4 cm³/mol. The number of aromatic nitrogens is 1. The number of hydrogen-bond acceptors (Lipinski definition) is 2. The van der Waals surface area contributed by atoms with Crippen molar-refractivity contribution in [1.29, 1.82) is 0 Å². The molecule has 0 aliphatic rings. The zero-order valence-electron chi connectivity index (χ0n) is 7.70. The van der Waals surface area contributed by atoms with E-state index >= 15 is 0 Å². The number of carbonyl (C=O) groups is 2. The number of aryl methyl sites for hydroxylation is 1. The van der Waals surface area contributed by atoms with Crippen LogP contribution in [0.3, 0.4) is 0 Å². The molecule has 1 aromatic carbocycles. The van der Waals surface area contributed by atoms with Crippen molar-refractivity contribution >= 4 is 23.0 Å². The SMILES string of the molecule is Cc1ccc2[nH]cc(C(=O)C=O)c2c1. The highest BCUT2D eigenvalue weighted by Gasteiger charge is 2.10. The van der Waals surface area contributed by atoms with Crippen molar-refractivity contribution in [2.24, 2.45) is 0 Å². The summed E-state index contributed by atoms with van der Waals surface area (Å²) in [6.07, 6.45) is 1.91. The van der Waals surface area contributed by atoms with Crippen molar-refractivity contribution in [2.45, 2.75) is 6.92 Å². The molecule has 0 amide bonds. The average Bonchev–Trinajstić information content (AvgIpc) is 2.59. The first kappa shape index (κ1) is 8.69. The molecule has 0 unspecified atom stereocenters. The van der Waals surface area contributed by atoms with Crippen molar-refractivity contribution < 1.29 is 9.59 Å². The molecule has 1 heterocycles. The second-order valence-corrected chi connectivity index (χ2v) is 3.23. The third-order valence-electron chi connectivity index (χ3n) is 2.21. The molecule has 0 bridgehead atoms. The van der Waals surface area contributed by atoms with E-state index < -0.39 is 5.78 Å². The van der Waals surface area contributed by atoms with E-state index in [0.29, 0.717) is 11.8 Å². The summed E-state index contributed by atoms with van der Waals surface area (Å²) in [6, 6.07) is 5.74. The number of rotatable bonds is 2. The summed E-state index contributed by atoms with van der Waals surface area (Å²) in [6.45, 7) is 1.95. The molecule has 0 atom stereocenters. The molecule has 2 rings (SSSR count). The fourth-order valence-corrected chi connectivity index (χ4v) is 1.50. The van der Waals surface area contributed by atoms with E-state index in [9.17, 15) is 9.59 Å². The summed E-state index contributed by atoms with van der Waals surface area (Å²) in [7, 11) is 0. The van der Waals surface area contributed by atoms with Crippen LogP contribution in [-0.4, -0.2) is 17.1 Å². The van der Waals surface area contributed by atoms with Gasteiger partial charge in [-0.2, -0.15) is 0 Å². The number of benzene rings is 1. The first-order valence-electron chi connectivity index (χ1n) is 4.29. The van der Waals surface area contributed by atoms with Crippen LogP contribution < -0.4 is 0 Å². The maximum absolute atomic E-state index is 11.2. The molecule has 14 heavy (non-hydrogen) atoms. The summed E-state index contributed by atoms with van der Waals surface area (Å²) >= 11 is 0. The Kier molecular flexibility index (Phi) is 1.93. The lowest BCUT2D eigenvalue weighted by atomic mass is 10.1. The van der Waals surface area contributed by atoms with Gasteiger partial charge < -0.3 is 4.98 Å². The number of H-pyrrole nitrogens is 1. The zero-order valence-corrected chi connectivity index (χ0v) is 7.70. The number of nitrogens with one attached hydrogen (secondary N) is 1. The molecule has 0 aliphatic carbocycles. The summed E-state index contributed by atoms with van der Waals surface area (Å²) in [5.74, 6) is -0.484. The van der Waals surface area contributed by atoms with Crippen molar-refractivity contribution in [2.75, 3.05) is 0 Å². The lowest BCUT2D eigenvalue weighted by molar-refractivity contribution is -0.104. The molecule has 1 aromatic heterocycles. The summed E-state index contributed by atoms with van der Waals surface area (Å²) in [4.78, 5) is 24.5. The Morgan fingerprint density at radius 1 is 1.43 bits per heavy atom. The number of hydrogen-bond donors (Lipinski definition) is 1. The lowest BCUT2D eigenvalue weighted by Crippen LogP contribution is -1.97. The predicted octanol–water partition coefficient (Wildman–Crippen LogP) is 1.86. The third-order valence-corrected chi connectivity index (χ3v) is 2.21. The Bertz CT molecular complexity index is 511. The molecule has 0 radical (unpaired) electrons. The van der Waals surface area contributed by atoms with Crippen LogP contribution in [0.1, 0.15) is 15.9 Å². The molecule has 3 heteroatoms. The molecule has 0 saturated heterocycles. The van der Waals surface area contributed by atoms with Crippen molar-refractivity contribution in [1.82, 2.24) is 4.98 Å². The van der Waals surface area contributed by atoms with Crippen LogP contribution in [-0.2, 0) is 4.79 Å².